The summed E-state index contributed by atoms with van der Waals surface area (Å²) in [6, 6.07) is 21.1. The lowest BCUT2D eigenvalue weighted by Crippen LogP contribution is -2.26. The van der Waals surface area contributed by atoms with Crippen LogP contribution in [-0.4, -0.2) is 39.7 Å². The maximum Gasteiger partial charge on any atom is 0.251 e. The first-order valence-corrected chi connectivity index (χ1v) is 10.9. The van der Waals surface area contributed by atoms with E-state index in [9.17, 15) is 9.59 Å². The van der Waals surface area contributed by atoms with E-state index in [1.54, 1.807) is 6.92 Å². The van der Waals surface area contributed by atoms with Crippen LogP contribution >= 0.6 is 11.8 Å². The van der Waals surface area contributed by atoms with Crippen LogP contribution in [0.3, 0.4) is 0 Å². The summed E-state index contributed by atoms with van der Waals surface area (Å²) in [6.07, 6.45) is 0. The highest BCUT2D eigenvalue weighted by molar-refractivity contribution is 8.00. The minimum atomic E-state index is -0.107. The SMILES string of the molecule is Cc1nc2ccccc2nc1C(=O)CSCCNC(=O)c1ccc2ccccc2c1. The molecule has 0 aliphatic heterocycles. The van der Waals surface area contributed by atoms with E-state index in [2.05, 4.69) is 15.3 Å². The highest BCUT2D eigenvalue weighted by Crippen LogP contribution is 2.16. The summed E-state index contributed by atoms with van der Waals surface area (Å²) in [4.78, 5) is 33.9. The third kappa shape index (κ3) is 4.49. The molecular formula is C24H21N3O2S. The number of thioether (sulfide) groups is 1. The van der Waals surface area contributed by atoms with Gasteiger partial charge in [0.25, 0.3) is 5.91 Å². The third-order valence-corrected chi connectivity index (χ3v) is 5.74. The Kier molecular flexibility index (Phi) is 6.05. The number of nitrogens with zero attached hydrogens (tertiary/aromatic N) is 2. The molecule has 0 saturated heterocycles. The zero-order chi connectivity index (χ0) is 20.9. The average molecular weight is 416 g/mol. The molecule has 0 spiro atoms. The molecule has 6 heteroatoms. The summed E-state index contributed by atoms with van der Waals surface area (Å²) in [5, 5.41) is 5.06. The van der Waals surface area contributed by atoms with Crippen LogP contribution in [0.1, 0.15) is 26.5 Å². The van der Waals surface area contributed by atoms with Gasteiger partial charge in [0.05, 0.1) is 22.5 Å². The van der Waals surface area contributed by atoms with E-state index in [1.807, 2.05) is 66.7 Å². The van der Waals surface area contributed by atoms with Crippen LogP contribution in [-0.2, 0) is 0 Å². The van der Waals surface area contributed by atoms with Gasteiger partial charge >= 0.3 is 0 Å². The van der Waals surface area contributed by atoms with Crippen LogP contribution in [0.15, 0.2) is 66.7 Å². The second-order valence-corrected chi connectivity index (χ2v) is 8.05. The predicted molar refractivity (Wildman–Crippen MR) is 122 cm³/mol. The van der Waals surface area contributed by atoms with Gasteiger partial charge in [0, 0.05) is 17.9 Å². The largest absolute Gasteiger partial charge is 0.351 e. The minimum Gasteiger partial charge on any atom is -0.351 e. The first-order chi connectivity index (χ1) is 14.6. The van der Waals surface area contributed by atoms with Gasteiger partial charge in [0.1, 0.15) is 5.69 Å². The van der Waals surface area contributed by atoms with E-state index in [4.69, 9.17) is 0 Å². The number of hydrogen-bond acceptors (Lipinski definition) is 5. The Morgan fingerprint density at radius 2 is 1.60 bits per heavy atom. The molecular weight excluding hydrogens is 394 g/mol. The van der Waals surface area contributed by atoms with E-state index < -0.39 is 0 Å². The van der Waals surface area contributed by atoms with Crippen molar-refractivity contribution in [1.29, 1.82) is 0 Å². The zero-order valence-electron chi connectivity index (χ0n) is 16.6. The fraction of sp³-hybridized carbons (Fsp3) is 0.167. The zero-order valence-corrected chi connectivity index (χ0v) is 17.4. The van der Waals surface area contributed by atoms with Gasteiger partial charge in [-0.15, -0.1) is 0 Å². The lowest BCUT2D eigenvalue weighted by atomic mass is 10.1. The van der Waals surface area contributed by atoms with Gasteiger partial charge in [-0.1, -0.05) is 42.5 Å². The lowest BCUT2D eigenvalue weighted by Gasteiger charge is -2.07. The second-order valence-electron chi connectivity index (χ2n) is 6.94. The number of nitrogens with one attached hydrogen (secondary N) is 1. The van der Waals surface area contributed by atoms with Crippen molar-refractivity contribution in [3.05, 3.63) is 83.7 Å². The molecule has 1 amide bonds. The van der Waals surface area contributed by atoms with Gasteiger partial charge in [-0.25, -0.2) is 9.97 Å². The number of amides is 1. The third-order valence-electron chi connectivity index (χ3n) is 4.79. The molecule has 0 atom stereocenters. The fourth-order valence-electron chi connectivity index (χ4n) is 3.25. The number of aryl methyl sites for hydroxylation is 1. The molecule has 0 aliphatic rings. The van der Waals surface area contributed by atoms with E-state index in [0.29, 0.717) is 35.0 Å². The van der Waals surface area contributed by atoms with Crippen LogP contribution in [0.25, 0.3) is 21.8 Å². The topological polar surface area (TPSA) is 72.0 Å². The first kappa shape index (κ1) is 20.0. The molecule has 3 aromatic carbocycles. The van der Waals surface area contributed by atoms with Crippen molar-refractivity contribution in [1.82, 2.24) is 15.3 Å². The van der Waals surface area contributed by atoms with Crippen molar-refractivity contribution in [2.45, 2.75) is 6.92 Å². The maximum absolute atomic E-state index is 12.5. The quantitative estimate of drug-likeness (QED) is 0.357. The molecule has 0 fully saturated rings. The highest BCUT2D eigenvalue weighted by atomic mass is 32.2. The number of benzene rings is 3. The van der Waals surface area contributed by atoms with E-state index in [1.165, 1.54) is 11.8 Å². The normalized spacial score (nSPS) is 11.0. The summed E-state index contributed by atoms with van der Waals surface area (Å²) < 4.78 is 0. The van der Waals surface area contributed by atoms with Gasteiger partial charge in [-0.05, 0) is 42.0 Å². The van der Waals surface area contributed by atoms with Crippen molar-refractivity contribution in [3.63, 3.8) is 0 Å². The number of ketones is 1. The summed E-state index contributed by atoms with van der Waals surface area (Å²) in [6.45, 7) is 2.30. The number of Topliss-reactive ketones (excluding diaryl/α,β-unsaturated/α-hetero) is 1. The van der Waals surface area contributed by atoms with Crippen molar-refractivity contribution in [2.24, 2.45) is 0 Å². The molecule has 4 aromatic rings. The molecule has 1 N–H and O–H groups in total. The van der Waals surface area contributed by atoms with E-state index in [0.717, 1.165) is 21.8 Å². The molecule has 0 saturated carbocycles. The monoisotopic (exact) mass is 415 g/mol. The van der Waals surface area contributed by atoms with Crippen LogP contribution in [0.2, 0.25) is 0 Å². The van der Waals surface area contributed by atoms with Gasteiger partial charge in [-0.2, -0.15) is 11.8 Å². The first-order valence-electron chi connectivity index (χ1n) is 9.73. The van der Waals surface area contributed by atoms with Crippen molar-refractivity contribution < 1.29 is 9.59 Å². The molecule has 4 rings (SSSR count). The predicted octanol–water partition coefficient (Wildman–Crippen LogP) is 4.44. The second kappa shape index (κ2) is 9.05. The molecule has 0 unspecified atom stereocenters. The van der Waals surface area contributed by atoms with Crippen LogP contribution < -0.4 is 5.32 Å². The molecule has 5 nitrogen and oxygen atoms in total. The van der Waals surface area contributed by atoms with Gasteiger partial charge < -0.3 is 5.32 Å². The lowest BCUT2D eigenvalue weighted by molar-refractivity contribution is 0.0955. The van der Waals surface area contributed by atoms with Crippen LogP contribution in [0.5, 0.6) is 0 Å². The average Bonchev–Trinajstić information content (AvgIpc) is 2.77. The van der Waals surface area contributed by atoms with Crippen molar-refractivity contribution in [3.8, 4) is 0 Å². The summed E-state index contributed by atoms with van der Waals surface area (Å²) in [5.41, 5.74) is 3.21. The number of aromatic nitrogens is 2. The molecule has 150 valence electrons. The van der Waals surface area contributed by atoms with E-state index in [-0.39, 0.29) is 11.7 Å². The molecule has 1 heterocycles. The Hall–Kier alpha value is -3.25. The standard InChI is InChI=1S/C24H21N3O2S/c1-16-23(27-21-9-5-4-8-20(21)26-16)22(28)15-30-13-12-25-24(29)19-11-10-17-6-2-3-7-18(17)14-19/h2-11,14H,12-13,15H2,1H3,(H,25,29). The molecule has 0 aliphatic carbocycles. The number of carbonyl (C=O) groups is 2. The Morgan fingerprint density at radius 1 is 0.900 bits per heavy atom. The van der Waals surface area contributed by atoms with Gasteiger partial charge in [0.2, 0.25) is 0 Å². The summed E-state index contributed by atoms with van der Waals surface area (Å²) in [7, 11) is 0. The Morgan fingerprint density at radius 3 is 2.40 bits per heavy atom. The number of para-hydroxylation sites is 2. The Labute approximate surface area is 178 Å². The molecule has 0 radical (unpaired) electrons. The molecule has 30 heavy (non-hydrogen) atoms. The summed E-state index contributed by atoms with van der Waals surface area (Å²) >= 11 is 1.48. The Bertz CT molecular complexity index is 1240. The van der Waals surface area contributed by atoms with Crippen molar-refractivity contribution >= 4 is 45.3 Å². The smallest absolute Gasteiger partial charge is 0.251 e. The molecule has 1 aromatic heterocycles. The summed E-state index contributed by atoms with van der Waals surface area (Å²) in [5.74, 6) is 0.797. The highest BCUT2D eigenvalue weighted by Gasteiger charge is 2.13. The number of rotatable bonds is 7. The number of fused-ring (bicyclic) bond motifs is 2. The van der Waals surface area contributed by atoms with Gasteiger partial charge in [0.15, 0.2) is 5.78 Å². The number of hydrogen-bond donors (Lipinski definition) is 1. The van der Waals surface area contributed by atoms with Crippen molar-refractivity contribution in [2.75, 3.05) is 18.1 Å². The fourth-order valence-corrected chi connectivity index (χ4v) is 3.97. The van der Waals surface area contributed by atoms with Gasteiger partial charge in [-0.3, -0.25) is 9.59 Å². The maximum atomic E-state index is 12.5. The van der Waals surface area contributed by atoms with Crippen LogP contribution in [0.4, 0.5) is 0 Å². The van der Waals surface area contributed by atoms with E-state index >= 15 is 0 Å². The number of carbonyl (C=O) groups excluding carboxylic acids is 2. The molecule has 0 bridgehead atoms. The van der Waals surface area contributed by atoms with Crippen LogP contribution in [0, 0.1) is 6.92 Å². The minimum absolute atomic E-state index is 0.0448. The Balaban J connectivity index is 1.28.